The molecule has 31 heavy (non-hydrogen) atoms. The Labute approximate surface area is 218 Å². The number of fused-ring (bicyclic) bond motifs is 1. The molecule has 2 aromatic carbocycles. The van der Waals surface area contributed by atoms with Crippen LogP contribution in [0, 0.1) is 7.14 Å². The van der Waals surface area contributed by atoms with E-state index in [4.69, 9.17) is 9.72 Å². The van der Waals surface area contributed by atoms with Gasteiger partial charge in [-0.15, -0.1) is 0 Å². The Kier molecular flexibility index (Phi) is 8.91. The van der Waals surface area contributed by atoms with E-state index < -0.39 is 0 Å². The molecule has 0 radical (unpaired) electrons. The first-order valence-electron chi connectivity index (χ1n) is 10.2. The molecule has 1 atom stereocenters. The number of hydrogen-bond donors (Lipinski definition) is 0. The van der Waals surface area contributed by atoms with Crippen LogP contribution in [0.2, 0.25) is 0 Å². The third-order valence-corrected chi connectivity index (χ3v) is 6.96. The molecule has 3 rings (SSSR count). The molecule has 3 aromatic rings. The summed E-state index contributed by atoms with van der Waals surface area (Å²) in [7, 11) is 0. The van der Waals surface area contributed by atoms with Crippen LogP contribution in [0.25, 0.3) is 10.9 Å². The second-order valence-electron chi connectivity index (χ2n) is 7.30. The summed E-state index contributed by atoms with van der Waals surface area (Å²) in [6.07, 6.45) is 5.49. The predicted molar refractivity (Wildman–Crippen MR) is 148 cm³/mol. The molecule has 0 aliphatic heterocycles. The van der Waals surface area contributed by atoms with Gasteiger partial charge in [-0.2, -0.15) is 9.78 Å². The summed E-state index contributed by atoms with van der Waals surface area (Å²) in [4.78, 5) is 17.9. The number of ether oxygens (including phenoxy) is 1. The highest BCUT2D eigenvalue weighted by molar-refractivity contribution is 14.1. The summed E-state index contributed by atoms with van der Waals surface area (Å²) in [6.45, 7) is 6.29. The molecule has 0 unspecified atom stereocenters. The molecule has 8 heteroatoms. The van der Waals surface area contributed by atoms with Crippen molar-refractivity contribution in [1.82, 2.24) is 9.66 Å². The normalized spacial score (nSPS) is 12.6. The van der Waals surface area contributed by atoms with Crippen LogP contribution >= 0.6 is 61.1 Å². The van der Waals surface area contributed by atoms with E-state index in [1.165, 1.54) is 4.68 Å². The van der Waals surface area contributed by atoms with Crippen LogP contribution in [0.4, 0.5) is 0 Å². The largest absolute Gasteiger partial charge is 0.489 e. The Morgan fingerprint density at radius 2 is 1.94 bits per heavy atom. The van der Waals surface area contributed by atoms with E-state index in [1.54, 1.807) is 12.3 Å². The third kappa shape index (κ3) is 6.07. The lowest BCUT2D eigenvalue weighted by molar-refractivity contribution is 0.214. The first-order chi connectivity index (χ1) is 14.8. The maximum absolute atomic E-state index is 13.2. The molecule has 0 saturated carbocycles. The molecule has 0 saturated heterocycles. The molecular weight excluding hydrogens is 684 g/mol. The van der Waals surface area contributed by atoms with Crippen LogP contribution < -0.4 is 10.3 Å². The second kappa shape index (κ2) is 11.2. The topological polar surface area (TPSA) is 56.5 Å². The number of nitrogens with zero attached hydrogens (tertiary/aromatic N) is 3. The molecule has 0 aliphatic carbocycles. The minimum atomic E-state index is -0.158. The Bertz CT molecular complexity index is 1150. The van der Waals surface area contributed by atoms with Gasteiger partial charge in [0.05, 0.1) is 30.4 Å². The molecule has 0 bridgehead atoms. The fourth-order valence-corrected chi connectivity index (χ4v) is 5.42. The smallest absolute Gasteiger partial charge is 0.282 e. The van der Waals surface area contributed by atoms with E-state index in [-0.39, 0.29) is 11.7 Å². The van der Waals surface area contributed by atoms with Crippen molar-refractivity contribution in [2.75, 3.05) is 0 Å². The minimum Gasteiger partial charge on any atom is -0.489 e. The molecule has 0 amide bonds. The van der Waals surface area contributed by atoms with Crippen LogP contribution in [0.15, 0.2) is 44.7 Å². The molecule has 0 N–H and O–H groups in total. The number of aromatic nitrogens is 2. The number of hydrogen-bond acceptors (Lipinski definition) is 4. The van der Waals surface area contributed by atoms with Crippen LogP contribution in [-0.2, 0) is 6.42 Å². The fourth-order valence-electron chi connectivity index (χ4n) is 2.99. The van der Waals surface area contributed by atoms with Crippen molar-refractivity contribution in [3.63, 3.8) is 0 Å². The van der Waals surface area contributed by atoms with Crippen molar-refractivity contribution < 1.29 is 4.74 Å². The zero-order chi connectivity index (χ0) is 22.5. The van der Waals surface area contributed by atoms with Crippen molar-refractivity contribution >= 4 is 78.2 Å². The van der Waals surface area contributed by atoms with Gasteiger partial charge < -0.3 is 4.74 Å². The first kappa shape index (κ1) is 24.6. The van der Waals surface area contributed by atoms with Gasteiger partial charge in [0, 0.05) is 10.9 Å². The van der Waals surface area contributed by atoms with E-state index in [2.05, 4.69) is 87.0 Å². The summed E-state index contributed by atoms with van der Waals surface area (Å²) in [5.41, 5.74) is 1.45. The second-order valence-corrected chi connectivity index (χ2v) is 10.5. The number of aryl methyl sites for hydroxylation is 1. The average molecular weight is 708 g/mol. The lowest BCUT2D eigenvalue weighted by Gasteiger charge is -2.16. The van der Waals surface area contributed by atoms with Crippen LogP contribution in [0.1, 0.15) is 51.4 Å². The van der Waals surface area contributed by atoms with Gasteiger partial charge in [-0.3, -0.25) is 4.79 Å². The molecule has 0 spiro atoms. The van der Waals surface area contributed by atoms with Gasteiger partial charge in [0.15, 0.2) is 0 Å². The van der Waals surface area contributed by atoms with Gasteiger partial charge in [-0.1, -0.05) is 36.2 Å². The van der Waals surface area contributed by atoms with E-state index in [1.807, 2.05) is 24.3 Å². The zero-order valence-corrected chi connectivity index (χ0v) is 23.6. The van der Waals surface area contributed by atoms with Crippen molar-refractivity contribution in [3.05, 3.63) is 63.7 Å². The number of unbranched alkanes of at least 4 members (excludes halogenated alkanes) is 1. The molecule has 5 nitrogen and oxygen atoms in total. The number of benzene rings is 2. The first-order valence-corrected chi connectivity index (χ1v) is 13.2. The van der Waals surface area contributed by atoms with E-state index in [0.29, 0.717) is 23.1 Å². The van der Waals surface area contributed by atoms with Crippen molar-refractivity contribution in [2.24, 2.45) is 5.10 Å². The van der Waals surface area contributed by atoms with Crippen LogP contribution in [-0.4, -0.2) is 22.0 Å². The van der Waals surface area contributed by atoms with Crippen molar-refractivity contribution in [1.29, 1.82) is 0 Å². The quantitative estimate of drug-likeness (QED) is 0.192. The van der Waals surface area contributed by atoms with E-state index in [9.17, 15) is 4.79 Å². The maximum Gasteiger partial charge on any atom is 0.282 e. The Morgan fingerprint density at radius 1 is 1.23 bits per heavy atom. The van der Waals surface area contributed by atoms with Gasteiger partial charge in [-0.25, -0.2) is 4.98 Å². The summed E-state index contributed by atoms with van der Waals surface area (Å²) >= 11 is 8.01. The standard InChI is InChI=1S/C23H24BrI2N3O2/c1-4-6-7-21-28-20-9-8-16(24)12-17(20)23(30)29(21)27-13-15-10-18(25)22(19(26)11-15)31-14(3)5-2/h8-14H,4-7H2,1-3H3/t14-/m1/s1. The maximum atomic E-state index is 13.2. The minimum absolute atomic E-state index is 0.157. The number of halogens is 3. The molecular formula is C23H24BrI2N3O2. The fraction of sp³-hybridized carbons (Fsp3) is 0.348. The molecule has 1 aromatic heterocycles. The zero-order valence-electron chi connectivity index (χ0n) is 17.7. The monoisotopic (exact) mass is 707 g/mol. The third-order valence-electron chi connectivity index (χ3n) is 4.87. The summed E-state index contributed by atoms with van der Waals surface area (Å²) in [5.74, 6) is 1.57. The van der Waals surface area contributed by atoms with Gasteiger partial charge in [0.2, 0.25) is 0 Å². The molecule has 1 heterocycles. The van der Waals surface area contributed by atoms with Gasteiger partial charge in [0.1, 0.15) is 11.6 Å². The molecule has 164 valence electrons. The Balaban J connectivity index is 2.03. The van der Waals surface area contributed by atoms with Gasteiger partial charge in [-0.05, 0) is 101 Å². The van der Waals surface area contributed by atoms with Crippen molar-refractivity contribution in [2.45, 2.75) is 52.6 Å². The molecule has 0 fully saturated rings. The Hall–Kier alpha value is -1.01. The highest BCUT2D eigenvalue weighted by atomic mass is 127. The lowest BCUT2D eigenvalue weighted by Crippen LogP contribution is -2.22. The van der Waals surface area contributed by atoms with E-state index >= 15 is 0 Å². The SMILES string of the molecule is CCCCc1nc2ccc(Br)cc2c(=O)n1N=Cc1cc(I)c(O[C@H](C)CC)c(I)c1. The van der Waals surface area contributed by atoms with Crippen LogP contribution in [0.3, 0.4) is 0 Å². The van der Waals surface area contributed by atoms with Crippen LogP contribution in [0.5, 0.6) is 5.75 Å². The average Bonchev–Trinajstić information content (AvgIpc) is 2.74. The highest BCUT2D eigenvalue weighted by Gasteiger charge is 2.13. The highest BCUT2D eigenvalue weighted by Crippen LogP contribution is 2.30. The van der Waals surface area contributed by atoms with Gasteiger partial charge >= 0.3 is 0 Å². The number of rotatable bonds is 8. The summed E-state index contributed by atoms with van der Waals surface area (Å²) in [6, 6.07) is 9.61. The lowest BCUT2D eigenvalue weighted by atomic mass is 10.2. The van der Waals surface area contributed by atoms with Crippen molar-refractivity contribution in [3.8, 4) is 5.75 Å². The Morgan fingerprint density at radius 3 is 2.58 bits per heavy atom. The van der Waals surface area contributed by atoms with E-state index in [0.717, 1.165) is 42.2 Å². The summed E-state index contributed by atoms with van der Waals surface area (Å²) in [5, 5.41) is 5.10. The van der Waals surface area contributed by atoms with Gasteiger partial charge in [0.25, 0.3) is 5.56 Å². The summed E-state index contributed by atoms with van der Waals surface area (Å²) < 4.78 is 10.4. The molecule has 0 aliphatic rings. The predicted octanol–water partition coefficient (Wildman–Crippen LogP) is 6.77.